The molecule has 1 aliphatic heterocycles. The van der Waals surface area contributed by atoms with Crippen LogP contribution in [0.2, 0.25) is 0 Å². The monoisotopic (exact) mass is 264 g/mol. The highest BCUT2D eigenvalue weighted by Gasteiger charge is 2.19. The van der Waals surface area contributed by atoms with Crippen molar-refractivity contribution in [2.45, 2.75) is 26.3 Å². The fourth-order valence-corrected chi connectivity index (χ4v) is 2.48. The second-order valence-corrected chi connectivity index (χ2v) is 5.10. The van der Waals surface area contributed by atoms with Gasteiger partial charge in [-0.3, -0.25) is 9.88 Å². The number of hydrogen-bond donors (Lipinski definition) is 1. The maximum absolute atomic E-state index is 5.22. The normalized spacial score (nSPS) is 17.6. The van der Waals surface area contributed by atoms with Gasteiger partial charge in [-0.25, -0.2) is 4.98 Å². The quantitative estimate of drug-likeness (QED) is 0.848. The summed E-state index contributed by atoms with van der Waals surface area (Å²) in [5.74, 6) is 1.58. The topological polar surface area (TPSA) is 50.3 Å². The zero-order valence-corrected chi connectivity index (χ0v) is 11.9. The Labute approximate surface area is 115 Å². The van der Waals surface area contributed by atoms with Crippen molar-refractivity contribution >= 4 is 5.82 Å². The van der Waals surface area contributed by atoms with E-state index in [1.165, 1.54) is 12.8 Å². The Kier molecular flexibility index (Phi) is 5.54. The fraction of sp³-hybridized carbons (Fsp3) is 0.714. The van der Waals surface area contributed by atoms with Crippen LogP contribution >= 0.6 is 0 Å². The van der Waals surface area contributed by atoms with Crippen LogP contribution in [-0.4, -0.2) is 48.2 Å². The number of aromatic nitrogens is 2. The van der Waals surface area contributed by atoms with Gasteiger partial charge >= 0.3 is 0 Å². The summed E-state index contributed by atoms with van der Waals surface area (Å²) < 4.78 is 5.22. The maximum Gasteiger partial charge on any atom is 0.144 e. The van der Waals surface area contributed by atoms with Crippen LogP contribution in [0.5, 0.6) is 0 Å². The van der Waals surface area contributed by atoms with Crippen molar-refractivity contribution in [3.63, 3.8) is 0 Å². The van der Waals surface area contributed by atoms with Gasteiger partial charge in [0.25, 0.3) is 0 Å². The molecule has 0 spiro atoms. The Morgan fingerprint density at radius 3 is 2.68 bits per heavy atom. The lowest BCUT2D eigenvalue weighted by molar-refractivity contribution is 0.0963. The number of rotatable bonds is 6. The van der Waals surface area contributed by atoms with Crippen molar-refractivity contribution < 1.29 is 4.74 Å². The molecule has 5 nitrogen and oxygen atoms in total. The maximum atomic E-state index is 5.22. The predicted molar refractivity (Wildman–Crippen MR) is 76.1 cm³/mol. The van der Waals surface area contributed by atoms with Crippen LogP contribution in [0.3, 0.4) is 0 Å². The average Bonchev–Trinajstić information content (AvgIpc) is 2.44. The van der Waals surface area contributed by atoms with Crippen LogP contribution in [0, 0.1) is 5.92 Å². The molecule has 0 saturated carbocycles. The summed E-state index contributed by atoms with van der Waals surface area (Å²) in [5.41, 5.74) is 1.05. The third kappa shape index (κ3) is 4.44. The van der Waals surface area contributed by atoms with Gasteiger partial charge in [-0.05, 0) is 38.8 Å². The van der Waals surface area contributed by atoms with E-state index in [1.807, 2.05) is 12.4 Å². The van der Waals surface area contributed by atoms with Crippen LogP contribution in [0.15, 0.2) is 12.4 Å². The van der Waals surface area contributed by atoms with Gasteiger partial charge in [0.2, 0.25) is 0 Å². The Hall–Kier alpha value is -1.20. The van der Waals surface area contributed by atoms with Crippen molar-refractivity contribution in [3.8, 4) is 0 Å². The van der Waals surface area contributed by atoms with E-state index in [0.717, 1.165) is 50.2 Å². The zero-order valence-electron chi connectivity index (χ0n) is 11.9. The molecule has 1 N–H and O–H groups in total. The molecule has 1 aliphatic rings. The van der Waals surface area contributed by atoms with E-state index in [9.17, 15) is 0 Å². The molecular weight excluding hydrogens is 240 g/mol. The van der Waals surface area contributed by atoms with Crippen molar-refractivity contribution in [3.05, 3.63) is 18.1 Å². The molecule has 19 heavy (non-hydrogen) atoms. The zero-order chi connectivity index (χ0) is 13.5. The summed E-state index contributed by atoms with van der Waals surface area (Å²) in [6, 6.07) is 0. The van der Waals surface area contributed by atoms with Crippen LogP contribution < -0.4 is 5.32 Å². The Balaban J connectivity index is 1.78. The van der Waals surface area contributed by atoms with Crippen LogP contribution in [0.25, 0.3) is 0 Å². The smallest absolute Gasteiger partial charge is 0.144 e. The van der Waals surface area contributed by atoms with Crippen molar-refractivity contribution in [2.24, 2.45) is 5.92 Å². The van der Waals surface area contributed by atoms with Crippen molar-refractivity contribution in [1.82, 2.24) is 14.9 Å². The fourth-order valence-electron chi connectivity index (χ4n) is 2.48. The number of nitrogens with one attached hydrogen (secondary N) is 1. The molecular formula is C14H24N4O. The molecule has 0 aromatic carbocycles. The molecule has 0 amide bonds. The molecule has 1 aromatic rings. The molecule has 1 fully saturated rings. The molecule has 0 unspecified atom stereocenters. The highest BCUT2D eigenvalue weighted by molar-refractivity contribution is 5.30. The first-order valence-electron chi connectivity index (χ1n) is 7.08. The molecule has 0 radical (unpaired) electrons. The Morgan fingerprint density at radius 1 is 1.32 bits per heavy atom. The van der Waals surface area contributed by atoms with E-state index in [-0.39, 0.29) is 0 Å². The first kappa shape index (κ1) is 14.2. The molecule has 0 atom stereocenters. The standard InChI is InChI=1S/C14H24N4O/c1-3-15-14-9-16-13(8-17-14)10-18-6-4-12(5-7-18)11-19-2/h8-9,12H,3-7,10-11H2,1-2H3,(H,15,17). The largest absolute Gasteiger partial charge is 0.384 e. The Morgan fingerprint density at radius 2 is 2.11 bits per heavy atom. The summed E-state index contributed by atoms with van der Waals surface area (Å²) in [7, 11) is 1.79. The third-order valence-corrected chi connectivity index (χ3v) is 3.56. The van der Waals surface area contributed by atoms with Gasteiger partial charge in [-0.2, -0.15) is 0 Å². The minimum Gasteiger partial charge on any atom is -0.384 e. The number of piperidine rings is 1. The summed E-state index contributed by atoms with van der Waals surface area (Å²) in [5, 5.41) is 3.16. The minimum atomic E-state index is 0.725. The molecule has 2 heterocycles. The second kappa shape index (κ2) is 7.40. The Bertz CT molecular complexity index is 360. The summed E-state index contributed by atoms with van der Waals surface area (Å²) in [4.78, 5) is 11.3. The van der Waals surface area contributed by atoms with E-state index >= 15 is 0 Å². The third-order valence-electron chi connectivity index (χ3n) is 3.56. The predicted octanol–water partition coefficient (Wildman–Crippen LogP) is 1.77. The van der Waals surface area contributed by atoms with Crippen LogP contribution in [0.4, 0.5) is 5.82 Å². The minimum absolute atomic E-state index is 0.725. The lowest BCUT2D eigenvalue weighted by Gasteiger charge is -2.31. The van der Waals surface area contributed by atoms with E-state index in [2.05, 4.69) is 27.1 Å². The van der Waals surface area contributed by atoms with E-state index in [4.69, 9.17) is 4.74 Å². The van der Waals surface area contributed by atoms with E-state index in [0.29, 0.717) is 0 Å². The summed E-state index contributed by atoms with van der Waals surface area (Å²) in [6.07, 6.45) is 6.13. The summed E-state index contributed by atoms with van der Waals surface area (Å²) >= 11 is 0. The molecule has 5 heteroatoms. The second-order valence-electron chi connectivity index (χ2n) is 5.10. The van der Waals surface area contributed by atoms with Gasteiger partial charge in [0.15, 0.2) is 0 Å². The number of methoxy groups -OCH3 is 1. The van der Waals surface area contributed by atoms with Crippen molar-refractivity contribution in [1.29, 1.82) is 0 Å². The molecule has 106 valence electrons. The van der Waals surface area contributed by atoms with Gasteiger partial charge in [-0.15, -0.1) is 0 Å². The number of anilines is 1. The van der Waals surface area contributed by atoms with Gasteiger partial charge in [0.05, 0.1) is 18.1 Å². The highest BCUT2D eigenvalue weighted by Crippen LogP contribution is 2.18. The van der Waals surface area contributed by atoms with E-state index in [1.54, 1.807) is 7.11 Å². The molecule has 0 aliphatic carbocycles. The molecule has 2 rings (SSSR count). The van der Waals surface area contributed by atoms with Crippen molar-refractivity contribution in [2.75, 3.05) is 38.7 Å². The van der Waals surface area contributed by atoms with Crippen LogP contribution in [0.1, 0.15) is 25.5 Å². The first-order chi connectivity index (χ1) is 9.31. The first-order valence-corrected chi connectivity index (χ1v) is 7.08. The molecule has 0 bridgehead atoms. The van der Waals surface area contributed by atoms with E-state index < -0.39 is 0 Å². The molecule has 1 saturated heterocycles. The van der Waals surface area contributed by atoms with Gasteiger partial charge in [-0.1, -0.05) is 0 Å². The highest BCUT2D eigenvalue weighted by atomic mass is 16.5. The lowest BCUT2D eigenvalue weighted by Crippen LogP contribution is -2.34. The van der Waals surface area contributed by atoms with Gasteiger partial charge < -0.3 is 10.1 Å². The lowest BCUT2D eigenvalue weighted by atomic mass is 9.98. The average molecular weight is 264 g/mol. The van der Waals surface area contributed by atoms with Crippen LogP contribution in [-0.2, 0) is 11.3 Å². The van der Waals surface area contributed by atoms with Gasteiger partial charge in [0.1, 0.15) is 5.82 Å². The van der Waals surface area contributed by atoms with Gasteiger partial charge in [0, 0.05) is 26.8 Å². The number of ether oxygens (including phenoxy) is 1. The number of nitrogens with zero attached hydrogens (tertiary/aromatic N) is 3. The summed E-state index contributed by atoms with van der Waals surface area (Å²) in [6.45, 7) is 6.99. The molecule has 1 aromatic heterocycles. The number of likely N-dealkylation sites (tertiary alicyclic amines) is 1. The SMILES string of the molecule is CCNc1cnc(CN2CCC(COC)CC2)cn1. The number of hydrogen-bond acceptors (Lipinski definition) is 5.